The third kappa shape index (κ3) is 4.47. The SMILES string of the molecule is CC(C)CC(C)OC1CCCCC1I. The molecule has 0 aliphatic heterocycles. The van der Waals surface area contributed by atoms with E-state index < -0.39 is 0 Å². The Labute approximate surface area is 102 Å². The fourth-order valence-electron chi connectivity index (χ4n) is 2.22. The number of hydrogen-bond acceptors (Lipinski definition) is 1. The van der Waals surface area contributed by atoms with E-state index >= 15 is 0 Å². The number of rotatable bonds is 4. The van der Waals surface area contributed by atoms with Crippen LogP contribution in [0.2, 0.25) is 0 Å². The molecule has 0 amide bonds. The van der Waals surface area contributed by atoms with E-state index in [0.29, 0.717) is 12.2 Å². The number of ether oxygens (including phenoxy) is 1. The Kier molecular flexibility index (Phi) is 5.75. The summed E-state index contributed by atoms with van der Waals surface area (Å²) in [5, 5.41) is 0. The first-order chi connectivity index (χ1) is 6.59. The van der Waals surface area contributed by atoms with Crippen molar-refractivity contribution >= 4 is 22.6 Å². The molecule has 84 valence electrons. The maximum Gasteiger partial charge on any atom is 0.0696 e. The summed E-state index contributed by atoms with van der Waals surface area (Å²) in [5.41, 5.74) is 0. The van der Waals surface area contributed by atoms with Crippen LogP contribution >= 0.6 is 22.6 Å². The van der Waals surface area contributed by atoms with E-state index in [0.717, 1.165) is 9.84 Å². The predicted molar refractivity (Wildman–Crippen MR) is 70.1 cm³/mol. The van der Waals surface area contributed by atoms with E-state index in [-0.39, 0.29) is 0 Å². The zero-order chi connectivity index (χ0) is 10.6. The Morgan fingerprint density at radius 2 is 1.86 bits per heavy atom. The molecule has 1 fully saturated rings. The highest BCUT2D eigenvalue weighted by molar-refractivity contribution is 14.1. The molecule has 1 aliphatic carbocycles. The van der Waals surface area contributed by atoms with Gasteiger partial charge in [0.25, 0.3) is 0 Å². The third-order valence-corrected chi connectivity index (χ3v) is 4.26. The van der Waals surface area contributed by atoms with Crippen LogP contribution in [-0.2, 0) is 4.74 Å². The molecule has 2 heteroatoms. The maximum absolute atomic E-state index is 6.11. The van der Waals surface area contributed by atoms with Gasteiger partial charge in [0.1, 0.15) is 0 Å². The molecule has 3 unspecified atom stereocenters. The minimum atomic E-state index is 0.440. The molecule has 1 aliphatic rings. The highest BCUT2D eigenvalue weighted by Crippen LogP contribution is 2.28. The lowest BCUT2D eigenvalue weighted by molar-refractivity contribution is -0.0229. The maximum atomic E-state index is 6.11. The molecule has 0 saturated heterocycles. The first-order valence-electron chi connectivity index (χ1n) is 5.89. The van der Waals surface area contributed by atoms with Crippen LogP contribution in [0.5, 0.6) is 0 Å². The van der Waals surface area contributed by atoms with Crippen LogP contribution in [0.25, 0.3) is 0 Å². The molecule has 14 heavy (non-hydrogen) atoms. The lowest BCUT2D eigenvalue weighted by Crippen LogP contribution is -2.31. The summed E-state index contributed by atoms with van der Waals surface area (Å²) in [6.07, 6.45) is 7.54. The molecule has 1 saturated carbocycles. The first-order valence-corrected chi connectivity index (χ1v) is 7.13. The van der Waals surface area contributed by atoms with E-state index in [9.17, 15) is 0 Å². The molecule has 0 bridgehead atoms. The van der Waals surface area contributed by atoms with Crippen LogP contribution in [0.4, 0.5) is 0 Å². The second-order valence-electron chi connectivity index (χ2n) is 4.92. The summed E-state index contributed by atoms with van der Waals surface area (Å²) in [7, 11) is 0. The molecular formula is C12H23IO. The summed E-state index contributed by atoms with van der Waals surface area (Å²) in [4.78, 5) is 0. The first kappa shape index (κ1) is 12.8. The van der Waals surface area contributed by atoms with Crippen molar-refractivity contribution in [2.75, 3.05) is 0 Å². The van der Waals surface area contributed by atoms with Gasteiger partial charge < -0.3 is 4.74 Å². The second kappa shape index (κ2) is 6.31. The van der Waals surface area contributed by atoms with Gasteiger partial charge in [0.2, 0.25) is 0 Å². The Morgan fingerprint density at radius 3 is 2.43 bits per heavy atom. The minimum absolute atomic E-state index is 0.440. The number of alkyl halides is 1. The summed E-state index contributed by atoms with van der Waals surface area (Å²) in [6.45, 7) is 6.75. The zero-order valence-electron chi connectivity index (χ0n) is 9.63. The van der Waals surface area contributed by atoms with Gasteiger partial charge in [0.15, 0.2) is 0 Å². The van der Waals surface area contributed by atoms with E-state index in [1.807, 2.05) is 0 Å². The lowest BCUT2D eigenvalue weighted by atomic mass is 9.97. The van der Waals surface area contributed by atoms with Crippen molar-refractivity contribution in [2.24, 2.45) is 5.92 Å². The van der Waals surface area contributed by atoms with Crippen LogP contribution in [0.1, 0.15) is 52.9 Å². The summed E-state index contributed by atoms with van der Waals surface area (Å²) < 4.78 is 6.85. The van der Waals surface area contributed by atoms with Gasteiger partial charge in [0.05, 0.1) is 12.2 Å². The molecule has 0 radical (unpaired) electrons. The van der Waals surface area contributed by atoms with Crippen molar-refractivity contribution in [3.05, 3.63) is 0 Å². The molecule has 3 atom stereocenters. The van der Waals surface area contributed by atoms with E-state index in [1.165, 1.54) is 32.1 Å². The highest BCUT2D eigenvalue weighted by atomic mass is 127. The Morgan fingerprint density at radius 1 is 1.21 bits per heavy atom. The largest absolute Gasteiger partial charge is 0.374 e. The third-order valence-electron chi connectivity index (χ3n) is 2.83. The lowest BCUT2D eigenvalue weighted by Gasteiger charge is -2.30. The molecule has 0 N–H and O–H groups in total. The van der Waals surface area contributed by atoms with Gasteiger partial charge in [-0.3, -0.25) is 0 Å². The Hall–Kier alpha value is 0.690. The Bertz CT molecular complexity index is 158. The van der Waals surface area contributed by atoms with Crippen LogP contribution in [-0.4, -0.2) is 16.1 Å². The van der Waals surface area contributed by atoms with E-state index in [1.54, 1.807) is 0 Å². The average Bonchev–Trinajstić information content (AvgIpc) is 2.07. The molecule has 0 spiro atoms. The second-order valence-corrected chi connectivity index (χ2v) is 6.52. The average molecular weight is 310 g/mol. The van der Waals surface area contributed by atoms with Crippen molar-refractivity contribution in [2.45, 2.75) is 69.0 Å². The number of halogens is 1. The van der Waals surface area contributed by atoms with Crippen molar-refractivity contribution in [3.63, 3.8) is 0 Å². The highest BCUT2D eigenvalue weighted by Gasteiger charge is 2.24. The van der Waals surface area contributed by atoms with Crippen LogP contribution in [0.3, 0.4) is 0 Å². The molecule has 1 rings (SSSR count). The fourth-order valence-corrected chi connectivity index (χ4v) is 3.19. The van der Waals surface area contributed by atoms with Crippen LogP contribution in [0, 0.1) is 5.92 Å². The van der Waals surface area contributed by atoms with E-state index in [4.69, 9.17) is 4.74 Å². The molecule has 0 heterocycles. The van der Waals surface area contributed by atoms with Crippen LogP contribution < -0.4 is 0 Å². The van der Waals surface area contributed by atoms with Crippen molar-refractivity contribution in [1.82, 2.24) is 0 Å². The van der Waals surface area contributed by atoms with Crippen molar-refractivity contribution in [1.29, 1.82) is 0 Å². The molecule has 1 nitrogen and oxygen atoms in total. The minimum Gasteiger partial charge on any atom is -0.374 e. The van der Waals surface area contributed by atoms with Gasteiger partial charge >= 0.3 is 0 Å². The topological polar surface area (TPSA) is 9.23 Å². The van der Waals surface area contributed by atoms with Gasteiger partial charge in [-0.15, -0.1) is 0 Å². The number of hydrogen-bond donors (Lipinski definition) is 0. The van der Waals surface area contributed by atoms with Gasteiger partial charge in [-0.2, -0.15) is 0 Å². The Balaban J connectivity index is 2.27. The molecular weight excluding hydrogens is 287 g/mol. The molecule has 0 aromatic carbocycles. The normalized spacial score (nSPS) is 30.6. The standard InChI is InChI=1S/C12H23IO/c1-9(2)8-10(3)14-12-7-5-4-6-11(12)13/h9-12H,4-8H2,1-3H3. The zero-order valence-corrected chi connectivity index (χ0v) is 11.8. The quantitative estimate of drug-likeness (QED) is 0.559. The monoisotopic (exact) mass is 310 g/mol. The van der Waals surface area contributed by atoms with Gasteiger partial charge in [0, 0.05) is 3.92 Å². The van der Waals surface area contributed by atoms with E-state index in [2.05, 4.69) is 43.4 Å². The predicted octanol–water partition coefficient (Wildman–Crippen LogP) is 4.18. The van der Waals surface area contributed by atoms with Gasteiger partial charge in [-0.25, -0.2) is 0 Å². The fraction of sp³-hybridized carbons (Fsp3) is 1.00. The smallest absolute Gasteiger partial charge is 0.0696 e. The van der Waals surface area contributed by atoms with Crippen molar-refractivity contribution < 1.29 is 4.74 Å². The summed E-state index contributed by atoms with van der Waals surface area (Å²) >= 11 is 2.56. The summed E-state index contributed by atoms with van der Waals surface area (Å²) in [6, 6.07) is 0. The molecule has 0 aromatic rings. The van der Waals surface area contributed by atoms with Gasteiger partial charge in [-0.1, -0.05) is 49.3 Å². The van der Waals surface area contributed by atoms with Crippen LogP contribution in [0.15, 0.2) is 0 Å². The van der Waals surface area contributed by atoms with Gasteiger partial charge in [-0.05, 0) is 32.1 Å². The molecule has 0 aromatic heterocycles. The van der Waals surface area contributed by atoms with Crippen molar-refractivity contribution in [3.8, 4) is 0 Å². The summed E-state index contributed by atoms with van der Waals surface area (Å²) in [5.74, 6) is 0.751.